The highest BCUT2D eigenvalue weighted by molar-refractivity contribution is 5.82. The molecule has 38 heavy (non-hydrogen) atoms. The van der Waals surface area contributed by atoms with E-state index in [1.54, 1.807) is 6.20 Å². The highest BCUT2D eigenvalue weighted by Gasteiger charge is 2.21. The molecule has 5 rings (SSSR count). The van der Waals surface area contributed by atoms with Crippen LogP contribution in [0.2, 0.25) is 0 Å². The van der Waals surface area contributed by atoms with E-state index in [0.29, 0.717) is 11.8 Å². The van der Waals surface area contributed by atoms with E-state index in [-0.39, 0.29) is 11.5 Å². The maximum atomic E-state index is 6.34. The van der Waals surface area contributed by atoms with Gasteiger partial charge in [0.05, 0.1) is 11.0 Å². The van der Waals surface area contributed by atoms with Gasteiger partial charge in [-0.3, -0.25) is 4.90 Å². The molecule has 0 spiro atoms. The van der Waals surface area contributed by atoms with Gasteiger partial charge in [-0.15, -0.1) is 0 Å². The fourth-order valence-corrected chi connectivity index (χ4v) is 4.68. The van der Waals surface area contributed by atoms with E-state index >= 15 is 0 Å². The van der Waals surface area contributed by atoms with Crippen LogP contribution in [0.1, 0.15) is 50.4 Å². The summed E-state index contributed by atoms with van der Waals surface area (Å²) < 4.78 is 6.34. The Morgan fingerprint density at radius 3 is 2.47 bits per heavy atom. The van der Waals surface area contributed by atoms with Gasteiger partial charge in [-0.2, -0.15) is 0 Å². The van der Waals surface area contributed by atoms with Crippen molar-refractivity contribution in [3.05, 3.63) is 108 Å². The fraction of sp³-hybridized carbons (Fsp3) is 0.250. The molecule has 0 aliphatic heterocycles. The molecule has 2 heterocycles. The normalized spacial score (nSPS) is 12.6. The van der Waals surface area contributed by atoms with Gasteiger partial charge in [-0.25, -0.2) is 9.97 Å². The summed E-state index contributed by atoms with van der Waals surface area (Å²) in [6, 6.07) is 28.9. The van der Waals surface area contributed by atoms with E-state index in [2.05, 4.69) is 103 Å². The standard InChI is InChI=1S/C32H35N5O/c1-22(37(5)21-23-13-7-6-8-14-23)24-15-11-17-26-29(24)36-31(34-26)35-27-18-12-20-33-30(27)38-28-19-10-9-16-25(28)32(2,3)4/h6-20,22H,21H2,1-5H3,(H2,34,35,36). The predicted octanol–water partition coefficient (Wildman–Crippen LogP) is 7.98. The largest absolute Gasteiger partial charge is 0.437 e. The molecule has 0 bridgehead atoms. The molecule has 2 N–H and O–H groups in total. The van der Waals surface area contributed by atoms with Crippen LogP contribution in [0, 0.1) is 0 Å². The number of fused-ring (bicyclic) bond motifs is 1. The Balaban J connectivity index is 1.40. The number of H-pyrrole nitrogens is 1. The first kappa shape index (κ1) is 25.5. The Bertz CT molecular complexity index is 1520. The molecule has 6 heteroatoms. The van der Waals surface area contributed by atoms with Crippen molar-refractivity contribution in [2.45, 2.75) is 45.7 Å². The number of aromatic amines is 1. The average molecular weight is 506 g/mol. The molecule has 0 aliphatic carbocycles. The molecular formula is C32H35N5O. The Morgan fingerprint density at radius 2 is 1.68 bits per heavy atom. The van der Waals surface area contributed by atoms with Gasteiger partial charge in [-0.1, -0.05) is 81.4 Å². The summed E-state index contributed by atoms with van der Waals surface area (Å²) in [4.78, 5) is 15.2. The summed E-state index contributed by atoms with van der Waals surface area (Å²) in [6.45, 7) is 9.63. The average Bonchev–Trinajstić information content (AvgIpc) is 3.32. The minimum atomic E-state index is -0.0571. The highest BCUT2D eigenvalue weighted by Crippen LogP contribution is 2.36. The van der Waals surface area contributed by atoms with Gasteiger partial charge in [-0.05, 0) is 54.8 Å². The topological polar surface area (TPSA) is 66.1 Å². The van der Waals surface area contributed by atoms with Gasteiger partial charge in [0.1, 0.15) is 11.4 Å². The smallest absolute Gasteiger partial charge is 0.243 e. The monoisotopic (exact) mass is 505 g/mol. The Labute approximate surface area is 224 Å². The number of aromatic nitrogens is 3. The van der Waals surface area contributed by atoms with Crippen LogP contribution < -0.4 is 10.1 Å². The second-order valence-electron chi connectivity index (χ2n) is 10.7. The number of nitrogens with one attached hydrogen (secondary N) is 2. The zero-order chi connectivity index (χ0) is 26.7. The van der Waals surface area contributed by atoms with Crippen molar-refractivity contribution in [3.8, 4) is 11.6 Å². The van der Waals surface area contributed by atoms with Gasteiger partial charge in [0.25, 0.3) is 0 Å². The van der Waals surface area contributed by atoms with Crippen LogP contribution in [0.3, 0.4) is 0 Å². The molecule has 0 fully saturated rings. The quantitative estimate of drug-likeness (QED) is 0.224. The summed E-state index contributed by atoms with van der Waals surface area (Å²) >= 11 is 0. The molecule has 1 atom stereocenters. The second-order valence-corrected chi connectivity index (χ2v) is 10.7. The first-order valence-electron chi connectivity index (χ1n) is 13.0. The summed E-state index contributed by atoms with van der Waals surface area (Å²) in [5.74, 6) is 1.94. The molecule has 0 saturated heterocycles. The summed E-state index contributed by atoms with van der Waals surface area (Å²) in [7, 11) is 2.15. The van der Waals surface area contributed by atoms with E-state index in [9.17, 15) is 0 Å². The Morgan fingerprint density at radius 1 is 0.921 bits per heavy atom. The van der Waals surface area contributed by atoms with Crippen LogP contribution in [-0.4, -0.2) is 26.9 Å². The maximum absolute atomic E-state index is 6.34. The lowest BCUT2D eigenvalue weighted by molar-refractivity contribution is 0.254. The first-order valence-corrected chi connectivity index (χ1v) is 13.0. The summed E-state index contributed by atoms with van der Waals surface area (Å²) in [5, 5.41) is 3.41. The molecule has 0 radical (unpaired) electrons. The van der Waals surface area contributed by atoms with Crippen molar-refractivity contribution in [1.82, 2.24) is 19.9 Å². The van der Waals surface area contributed by atoms with Gasteiger partial charge in [0.15, 0.2) is 0 Å². The minimum absolute atomic E-state index is 0.0571. The van der Waals surface area contributed by atoms with Crippen LogP contribution in [0.15, 0.2) is 91.1 Å². The number of rotatable bonds is 8. The van der Waals surface area contributed by atoms with E-state index in [1.807, 2.05) is 36.4 Å². The lowest BCUT2D eigenvalue weighted by Gasteiger charge is -2.25. The van der Waals surface area contributed by atoms with Crippen LogP contribution >= 0.6 is 0 Å². The van der Waals surface area contributed by atoms with E-state index in [1.165, 1.54) is 11.1 Å². The molecule has 5 aromatic rings. The summed E-state index contributed by atoms with van der Waals surface area (Å²) in [6.07, 6.45) is 1.74. The van der Waals surface area contributed by atoms with Crippen LogP contribution in [0.25, 0.3) is 11.0 Å². The van der Waals surface area contributed by atoms with E-state index in [4.69, 9.17) is 9.72 Å². The number of imidazole rings is 1. The maximum Gasteiger partial charge on any atom is 0.243 e. The van der Waals surface area contributed by atoms with Gasteiger partial charge >= 0.3 is 0 Å². The van der Waals surface area contributed by atoms with Gasteiger partial charge < -0.3 is 15.0 Å². The molecule has 3 aromatic carbocycles. The molecule has 2 aromatic heterocycles. The lowest BCUT2D eigenvalue weighted by Crippen LogP contribution is -2.22. The molecule has 0 amide bonds. The number of hydrogen-bond donors (Lipinski definition) is 2. The van der Waals surface area contributed by atoms with Crippen molar-refractivity contribution in [2.75, 3.05) is 12.4 Å². The first-order chi connectivity index (χ1) is 18.3. The third-order valence-corrected chi connectivity index (χ3v) is 6.86. The number of pyridine rings is 1. The molecule has 0 saturated carbocycles. The number of benzene rings is 3. The number of ether oxygens (including phenoxy) is 1. The number of hydrogen-bond acceptors (Lipinski definition) is 5. The van der Waals surface area contributed by atoms with Crippen molar-refractivity contribution in [3.63, 3.8) is 0 Å². The van der Waals surface area contributed by atoms with Crippen LogP contribution in [-0.2, 0) is 12.0 Å². The Kier molecular flexibility index (Phi) is 7.16. The zero-order valence-electron chi connectivity index (χ0n) is 22.7. The van der Waals surface area contributed by atoms with Crippen molar-refractivity contribution in [2.24, 2.45) is 0 Å². The minimum Gasteiger partial charge on any atom is -0.437 e. The third-order valence-electron chi connectivity index (χ3n) is 6.86. The fourth-order valence-electron chi connectivity index (χ4n) is 4.68. The SMILES string of the molecule is CC(c1cccc2nc(Nc3cccnc3Oc3ccccc3C(C)(C)C)[nH]c12)N(C)Cc1ccccc1. The molecule has 1 unspecified atom stereocenters. The Hall–Kier alpha value is -4.16. The zero-order valence-corrected chi connectivity index (χ0v) is 22.7. The third kappa shape index (κ3) is 5.55. The van der Waals surface area contributed by atoms with Crippen molar-refractivity contribution >= 4 is 22.7 Å². The molecule has 194 valence electrons. The van der Waals surface area contributed by atoms with Crippen molar-refractivity contribution < 1.29 is 4.74 Å². The molecule has 0 aliphatic rings. The van der Waals surface area contributed by atoms with E-state index < -0.39 is 0 Å². The van der Waals surface area contributed by atoms with Gasteiger partial charge in [0.2, 0.25) is 11.8 Å². The second kappa shape index (κ2) is 10.7. The number of para-hydroxylation sites is 2. The molecular weight excluding hydrogens is 470 g/mol. The lowest BCUT2D eigenvalue weighted by atomic mass is 9.86. The molecule has 6 nitrogen and oxygen atoms in total. The van der Waals surface area contributed by atoms with Gasteiger partial charge in [0, 0.05) is 24.3 Å². The van der Waals surface area contributed by atoms with E-state index in [0.717, 1.165) is 34.6 Å². The van der Waals surface area contributed by atoms with Crippen molar-refractivity contribution in [1.29, 1.82) is 0 Å². The number of nitrogens with zero attached hydrogens (tertiary/aromatic N) is 3. The predicted molar refractivity (Wildman–Crippen MR) is 155 cm³/mol. The van der Waals surface area contributed by atoms with Crippen LogP contribution in [0.4, 0.5) is 11.6 Å². The van der Waals surface area contributed by atoms with Crippen LogP contribution in [0.5, 0.6) is 11.6 Å². The number of anilines is 2. The summed E-state index contributed by atoms with van der Waals surface area (Å²) in [5.41, 5.74) is 6.23. The highest BCUT2D eigenvalue weighted by atomic mass is 16.5.